The van der Waals surface area contributed by atoms with Crippen molar-refractivity contribution in [1.82, 2.24) is 0 Å². The van der Waals surface area contributed by atoms with E-state index in [-0.39, 0.29) is 0 Å². The highest BCUT2D eigenvalue weighted by atomic mass is 16.1. The number of carbonyl (C=O) groups excluding carboxylic acids is 1. The van der Waals surface area contributed by atoms with Gasteiger partial charge in [0.25, 0.3) is 0 Å². The van der Waals surface area contributed by atoms with Gasteiger partial charge in [0.05, 0.1) is 0 Å². The van der Waals surface area contributed by atoms with Crippen molar-refractivity contribution in [2.45, 2.75) is 0 Å². The van der Waals surface area contributed by atoms with Gasteiger partial charge in [0.2, 0.25) is 0 Å². The first-order chi connectivity index (χ1) is 10.9. The zero-order valence-electron chi connectivity index (χ0n) is 12.1. The van der Waals surface area contributed by atoms with E-state index in [0.717, 1.165) is 11.8 Å². The number of aldehydes is 1. The lowest BCUT2D eigenvalue weighted by atomic mass is 9.95. The minimum absolute atomic E-state index is 0.693. The molecule has 0 radical (unpaired) electrons. The average molecular weight is 284 g/mol. The quantitative estimate of drug-likeness (QED) is 0.482. The van der Waals surface area contributed by atoms with Crippen LogP contribution < -0.4 is 0 Å². The van der Waals surface area contributed by atoms with E-state index in [1.165, 1.54) is 16.7 Å². The lowest BCUT2D eigenvalue weighted by Gasteiger charge is -2.09. The second kappa shape index (κ2) is 6.68. The highest BCUT2D eigenvalue weighted by Crippen LogP contribution is 2.25. The van der Waals surface area contributed by atoms with Crippen molar-refractivity contribution < 1.29 is 4.79 Å². The molecule has 1 nitrogen and oxygen atoms in total. The minimum Gasteiger partial charge on any atom is -0.298 e. The first-order valence-electron chi connectivity index (χ1n) is 7.24. The van der Waals surface area contributed by atoms with E-state index in [2.05, 4.69) is 30.3 Å². The Labute approximate surface area is 130 Å². The van der Waals surface area contributed by atoms with Crippen molar-refractivity contribution in [2.75, 3.05) is 0 Å². The van der Waals surface area contributed by atoms with Crippen LogP contribution in [0.4, 0.5) is 0 Å². The fourth-order valence-electron chi connectivity index (χ4n) is 2.41. The standard InChI is InChI=1S/C21H16O/c22-16-18-13-11-17(12-14-18)15-21(19-7-3-1-4-8-19)20-9-5-2-6-10-20/h1-16H. The average Bonchev–Trinajstić information content (AvgIpc) is 2.62. The second-order valence-corrected chi connectivity index (χ2v) is 5.07. The third-order valence-corrected chi connectivity index (χ3v) is 3.55. The Kier molecular flexibility index (Phi) is 4.26. The topological polar surface area (TPSA) is 17.1 Å². The molecule has 0 aliphatic carbocycles. The lowest BCUT2D eigenvalue weighted by molar-refractivity contribution is 0.112. The van der Waals surface area contributed by atoms with Crippen molar-refractivity contribution in [3.63, 3.8) is 0 Å². The predicted octanol–water partition coefficient (Wildman–Crippen LogP) is 5.09. The Morgan fingerprint density at radius 1 is 0.591 bits per heavy atom. The van der Waals surface area contributed by atoms with Crippen LogP contribution in [-0.2, 0) is 0 Å². The van der Waals surface area contributed by atoms with Gasteiger partial charge < -0.3 is 0 Å². The van der Waals surface area contributed by atoms with Crippen LogP contribution in [0.25, 0.3) is 11.6 Å². The highest BCUT2D eigenvalue weighted by molar-refractivity contribution is 5.91. The Morgan fingerprint density at radius 3 is 1.50 bits per heavy atom. The van der Waals surface area contributed by atoms with Gasteiger partial charge in [-0.25, -0.2) is 0 Å². The summed E-state index contributed by atoms with van der Waals surface area (Å²) in [6, 6.07) is 28.3. The van der Waals surface area contributed by atoms with Crippen LogP contribution >= 0.6 is 0 Å². The first-order valence-corrected chi connectivity index (χ1v) is 7.24. The molecule has 0 aliphatic rings. The summed E-state index contributed by atoms with van der Waals surface area (Å²) in [6.45, 7) is 0. The summed E-state index contributed by atoms with van der Waals surface area (Å²) in [5.41, 5.74) is 5.29. The van der Waals surface area contributed by atoms with Crippen LogP contribution in [-0.4, -0.2) is 6.29 Å². The van der Waals surface area contributed by atoms with Gasteiger partial charge in [-0.15, -0.1) is 0 Å². The summed E-state index contributed by atoms with van der Waals surface area (Å²) in [4.78, 5) is 10.8. The molecule has 1 heteroatoms. The molecule has 0 amide bonds. The number of carbonyl (C=O) groups is 1. The lowest BCUT2D eigenvalue weighted by Crippen LogP contribution is -1.88. The molecule has 3 aromatic rings. The Balaban J connectivity index is 2.08. The normalized spacial score (nSPS) is 10.0. The fourth-order valence-corrected chi connectivity index (χ4v) is 2.41. The molecule has 0 unspecified atom stereocenters. The van der Waals surface area contributed by atoms with Crippen molar-refractivity contribution in [1.29, 1.82) is 0 Å². The molecule has 0 saturated carbocycles. The third kappa shape index (κ3) is 3.21. The SMILES string of the molecule is O=Cc1ccc(C=C(c2ccccc2)c2ccccc2)cc1. The van der Waals surface area contributed by atoms with Gasteiger partial charge in [0.1, 0.15) is 6.29 Å². The summed E-state index contributed by atoms with van der Waals surface area (Å²) < 4.78 is 0. The number of hydrogen-bond donors (Lipinski definition) is 0. The highest BCUT2D eigenvalue weighted by Gasteiger charge is 2.04. The summed E-state index contributed by atoms with van der Waals surface area (Å²) in [5.74, 6) is 0. The van der Waals surface area contributed by atoms with Crippen molar-refractivity contribution in [3.05, 3.63) is 107 Å². The number of hydrogen-bond acceptors (Lipinski definition) is 1. The van der Waals surface area contributed by atoms with Crippen LogP contribution in [0.1, 0.15) is 27.0 Å². The molecule has 0 aromatic heterocycles. The molecule has 0 aliphatic heterocycles. The predicted molar refractivity (Wildman–Crippen MR) is 91.7 cm³/mol. The van der Waals surface area contributed by atoms with Gasteiger partial charge in [-0.2, -0.15) is 0 Å². The molecule has 0 heterocycles. The molecule has 0 atom stereocenters. The van der Waals surface area contributed by atoms with Crippen LogP contribution in [0.3, 0.4) is 0 Å². The van der Waals surface area contributed by atoms with E-state index in [9.17, 15) is 4.79 Å². The van der Waals surface area contributed by atoms with Crippen LogP contribution in [0.15, 0.2) is 84.9 Å². The van der Waals surface area contributed by atoms with E-state index < -0.39 is 0 Å². The largest absolute Gasteiger partial charge is 0.298 e. The van der Waals surface area contributed by atoms with Gasteiger partial charge in [0.15, 0.2) is 0 Å². The molecular formula is C21H16O. The van der Waals surface area contributed by atoms with E-state index in [1.54, 1.807) is 0 Å². The van der Waals surface area contributed by atoms with Gasteiger partial charge in [-0.1, -0.05) is 84.9 Å². The van der Waals surface area contributed by atoms with Crippen molar-refractivity contribution in [3.8, 4) is 0 Å². The molecule has 3 aromatic carbocycles. The molecule has 0 bridgehead atoms. The molecular weight excluding hydrogens is 268 g/mol. The molecule has 0 fully saturated rings. The van der Waals surface area contributed by atoms with Gasteiger partial charge in [0, 0.05) is 5.56 Å². The first kappa shape index (κ1) is 14.0. The third-order valence-electron chi connectivity index (χ3n) is 3.55. The van der Waals surface area contributed by atoms with Crippen molar-refractivity contribution >= 4 is 17.9 Å². The number of rotatable bonds is 4. The van der Waals surface area contributed by atoms with Crippen LogP contribution in [0.2, 0.25) is 0 Å². The summed E-state index contributed by atoms with van der Waals surface area (Å²) >= 11 is 0. The maximum absolute atomic E-state index is 10.8. The maximum Gasteiger partial charge on any atom is 0.150 e. The van der Waals surface area contributed by atoms with Crippen LogP contribution in [0, 0.1) is 0 Å². The zero-order valence-corrected chi connectivity index (χ0v) is 12.1. The van der Waals surface area contributed by atoms with Gasteiger partial charge >= 0.3 is 0 Å². The Hall–Kier alpha value is -2.93. The fraction of sp³-hybridized carbons (Fsp3) is 0. The number of benzene rings is 3. The Bertz CT molecular complexity index is 728. The second-order valence-electron chi connectivity index (χ2n) is 5.07. The van der Waals surface area contributed by atoms with Crippen molar-refractivity contribution in [2.24, 2.45) is 0 Å². The van der Waals surface area contributed by atoms with E-state index in [4.69, 9.17) is 0 Å². The molecule has 0 saturated heterocycles. The summed E-state index contributed by atoms with van der Waals surface area (Å²) in [7, 11) is 0. The Morgan fingerprint density at radius 2 is 1.05 bits per heavy atom. The minimum atomic E-state index is 0.693. The molecule has 0 N–H and O–H groups in total. The monoisotopic (exact) mass is 284 g/mol. The molecule has 3 rings (SSSR count). The maximum atomic E-state index is 10.8. The van der Waals surface area contributed by atoms with Gasteiger partial charge in [-0.3, -0.25) is 4.79 Å². The van der Waals surface area contributed by atoms with E-state index in [0.29, 0.717) is 5.56 Å². The van der Waals surface area contributed by atoms with Gasteiger partial charge in [-0.05, 0) is 28.3 Å². The zero-order chi connectivity index (χ0) is 15.2. The van der Waals surface area contributed by atoms with Crippen LogP contribution in [0.5, 0.6) is 0 Å². The van der Waals surface area contributed by atoms with E-state index >= 15 is 0 Å². The smallest absolute Gasteiger partial charge is 0.150 e. The molecule has 22 heavy (non-hydrogen) atoms. The molecule has 0 spiro atoms. The summed E-state index contributed by atoms with van der Waals surface area (Å²) in [6.07, 6.45) is 3.02. The molecule has 106 valence electrons. The summed E-state index contributed by atoms with van der Waals surface area (Å²) in [5, 5.41) is 0. The van der Waals surface area contributed by atoms with E-state index in [1.807, 2.05) is 60.7 Å².